The quantitative estimate of drug-likeness (QED) is 0.748. The van der Waals surface area contributed by atoms with Crippen LogP contribution in [0.25, 0.3) is 11.5 Å². The van der Waals surface area contributed by atoms with Crippen LogP contribution in [0.5, 0.6) is 0 Å². The Labute approximate surface area is 146 Å². The summed E-state index contributed by atoms with van der Waals surface area (Å²) in [4.78, 5) is 18.7. The van der Waals surface area contributed by atoms with Gasteiger partial charge in [-0.3, -0.25) is 4.79 Å². The van der Waals surface area contributed by atoms with Gasteiger partial charge in [0.15, 0.2) is 5.69 Å². The van der Waals surface area contributed by atoms with Crippen LogP contribution in [0.3, 0.4) is 0 Å². The zero-order valence-corrected chi connectivity index (χ0v) is 14.0. The van der Waals surface area contributed by atoms with Gasteiger partial charge in [-0.25, -0.2) is 4.98 Å². The molecule has 1 N–H and O–H groups in total. The molecule has 0 aliphatic rings. The second-order valence-electron chi connectivity index (χ2n) is 5.76. The topological polar surface area (TPSA) is 66.6 Å². The van der Waals surface area contributed by atoms with Gasteiger partial charge in [-0.15, -0.1) is 0 Å². The van der Waals surface area contributed by atoms with Crippen molar-refractivity contribution in [3.63, 3.8) is 0 Å². The molecule has 1 amide bonds. The number of carbonyl (C=O) groups excluding carboxylic acids is 1. The summed E-state index contributed by atoms with van der Waals surface area (Å²) < 4.78 is 5.46. The van der Waals surface area contributed by atoms with Crippen molar-refractivity contribution in [3.8, 4) is 11.5 Å². The fourth-order valence-corrected chi connectivity index (χ4v) is 2.79. The van der Waals surface area contributed by atoms with Crippen LogP contribution in [-0.4, -0.2) is 34.6 Å². The predicted molar refractivity (Wildman–Crippen MR) is 94.9 cm³/mol. The average Bonchev–Trinajstić information content (AvgIpc) is 3.16. The fraction of sp³-hybridized carbons (Fsp3) is 0.200. The second-order valence-corrected chi connectivity index (χ2v) is 5.76. The summed E-state index contributed by atoms with van der Waals surface area (Å²) in [6, 6.07) is 18.9. The van der Waals surface area contributed by atoms with Crippen molar-refractivity contribution in [2.75, 3.05) is 13.7 Å². The van der Waals surface area contributed by atoms with Gasteiger partial charge >= 0.3 is 0 Å². The minimum Gasteiger partial charge on any atom is -0.444 e. The molecular weight excluding hydrogens is 316 g/mol. The van der Waals surface area contributed by atoms with E-state index in [0.29, 0.717) is 12.3 Å². The van der Waals surface area contributed by atoms with Crippen LogP contribution in [0, 0.1) is 0 Å². The van der Waals surface area contributed by atoms with E-state index in [1.54, 1.807) is 11.9 Å². The number of hydrogen-bond acceptors (Lipinski definition) is 4. The van der Waals surface area contributed by atoms with E-state index in [4.69, 9.17) is 4.42 Å². The molecule has 2 aromatic carbocycles. The minimum absolute atomic E-state index is 0.00867. The maximum Gasteiger partial charge on any atom is 0.276 e. The Morgan fingerprint density at radius 1 is 1.12 bits per heavy atom. The molecule has 3 rings (SSSR count). The Balaban J connectivity index is 1.83. The molecule has 5 heteroatoms. The second kappa shape index (κ2) is 7.77. The molecule has 1 unspecified atom stereocenters. The van der Waals surface area contributed by atoms with Crippen LogP contribution in [-0.2, 0) is 0 Å². The number of carbonyl (C=O) groups is 1. The molecule has 0 aliphatic carbocycles. The number of amides is 1. The van der Waals surface area contributed by atoms with Gasteiger partial charge in [-0.1, -0.05) is 48.5 Å². The third-order valence-electron chi connectivity index (χ3n) is 4.12. The molecule has 0 aliphatic heterocycles. The first kappa shape index (κ1) is 16.9. The normalized spacial score (nSPS) is 11.9. The highest BCUT2D eigenvalue weighted by molar-refractivity contribution is 5.92. The summed E-state index contributed by atoms with van der Waals surface area (Å²) in [5, 5.41) is 9.38. The van der Waals surface area contributed by atoms with Crippen molar-refractivity contribution in [2.24, 2.45) is 0 Å². The Hall–Kier alpha value is -2.92. The van der Waals surface area contributed by atoms with E-state index in [0.717, 1.165) is 11.1 Å². The first-order valence-corrected chi connectivity index (χ1v) is 8.14. The van der Waals surface area contributed by atoms with Gasteiger partial charge in [0.25, 0.3) is 5.91 Å². The molecule has 25 heavy (non-hydrogen) atoms. The molecule has 1 aromatic heterocycles. The van der Waals surface area contributed by atoms with Crippen molar-refractivity contribution in [1.82, 2.24) is 9.88 Å². The Morgan fingerprint density at radius 3 is 2.40 bits per heavy atom. The number of aliphatic hydroxyl groups is 1. The van der Waals surface area contributed by atoms with Gasteiger partial charge in [0.2, 0.25) is 5.89 Å². The molecule has 1 atom stereocenters. The lowest BCUT2D eigenvalue weighted by molar-refractivity contribution is 0.0699. The molecule has 5 nitrogen and oxygen atoms in total. The van der Waals surface area contributed by atoms with Gasteiger partial charge in [-0.2, -0.15) is 0 Å². The lowest BCUT2D eigenvalue weighted by Gasteiger charge is -2.27. The number of aliphatic hydroxyl groups excluding tert-OH is 1. The van der Waals surface area contributed by atoms with Crippen molar-refractivity contribution in [3.05, 3.63) is 78.2 Å². The maximum atomic E-state index is 12.8. The van der Waals surface area contributed by atoms with E-state index in [-0.39, 0.29) is 24.2 Å². The van der Waals surface area contributed by atoms with Crippen molar-refractivity contribution in [2.45, 2.75) is 12.5 Å². The highest BCUT2D eigenvalue weighted by Crippen LogP contribution is 2.25. The van der Waals surface area contributed by atoms with Crippen LogP contribution >= 0.6 is 0 Å². The number of aromatic nitrogens is 1. The fourth-order valence-electron chi connectivity index (χ4n) is 2.79. The van der Waals surface area contributed by atoms with Crippen LogP contribution in [0.15, 0.2) is 71.3 Å². The first-order chi connectivity index (χ1) is 12.2. The highest BCUT2D eigenvalue weighted by atomic mass is 16.3. The minimum atomic E-state index is -0.242. The van der Waals surface area contributed by atoms with E-state index < -0.39 is 0 Å². The Morgan fingerprint density at radius 2 is 1.76 bits per heavy atom. The van der Waals surface area contributed by atoms with E-state index in [2.05, 4.69) is 4.98 Å². The number of oxazole rings is 1. The Bertz CT molecular complexity index is 815. The largest absolute Gasteiger partial charge is 0.444 e. The van der Waals surface area contributed by atoms with Crippen LogP contribution < -0.4 is 0 Å². The number of rotatable bonds is 6. The summed E-state index contributed by atoms with van der Waals surface area (Å²) in [6.07, 6.45) is 1.83. The van der Waals surface area contributed by atoms with Gasteiger partial charge in [0.05, 0.1) is 6.04 Å². The molecule has 0 saturated carbocycles. The zero-order chi connectivity index (χ0) is 17.6. The summed E-state index contributed by atoms with van der Waals surface area (Å²) in [7, 11) is 1.71. The first-order valence-electron chi connectivity index (χ1n) is 8.14. The number of nitrogens with zero attached hydrogens (tertiary/aromatic N) is 2. The number of hydrogen-bond donors (Lipinski definition) is 1. The highest BCUT2D eigenvalue weighted by Gasteiger charge is 2.24. The third kappa shape index (κ3) is 3.78. The maximum absolute atomic E-state index is 12.8. The molecule has 1 heterocycles. The standard InChI is InChI=1S/C20H20N2O3/c1-22(18(12-13-23)15-8-4-2-5-9-15)20(24)17-14-25-19(21-17)16-10-6-3-7-11-16/h2-11,14,18,23H,12-13H2,1H3. The van der Waals surface area contributed by atoms with Crippen LogP contribution in [0.4, 0.5) is 0 Å². The SMILES string of the molecule is CN(C(=O)c1coc(-c2ccccc2)n1)C(CCO)c1ccccc1. The summed E-state index contributed by atoms with van der Waals surface area (Å²) in [5.74, 6) is 0.170. The van der Waals surface area contributed by atoms with E-state index >= 15 is 0 Å². The van der Waals surface area contributed by atoms with E-state index in [1.807, 2.05) is 60.7 Å². The Kier molecular flexibility index (Phi) is 5.26. The molecule has 128 valence electrons. The monoisotopic (exact) mass is 336 g/mol. The van der Waals surface area contributed by atoms with Crippen molar-refractivity contribution < 1.29 is 14.3 Å². The summed E-state index contributed by atoms with van der Waals surface area (Å²) >= 11 is 0. The molecule has 0 radical (unpaired) electrons. The van der Waals surface area contributed by atoms with Crippen molar-refractivity contribution in [1.29, 1.82) is 0 Å². The lowest BCUT2D eigenvalue weighted by atomic mass is 10.0. The van der Waals surface area contributed by atoms with Gasteiger partial charge in [-0.05, 0) is 24.1 Å². The molecule has 0 fully saturated rings. The molecule has 3 aromatic rings. The molecular formula is C20H20N2O3. The predicted octanol–water partition coefficient (Wildman–Crippen LogP) is 3.54. The van der Waals surface area contributed by atoms with Crippen LogP contribution in [0.1, 0.15) is 28.5 Å². The molecule has 0 saturated heterocycles. The van der Waals surface area contributed by atoms with Gasteiger partial charge in [0.1, 0.15) is 6.26 Å². The van der Waals surface area contributed by atoms with Crippen molar-refractivity contribution >= 4 is 5.91 Å². The number of benzene rings is 2. The van der Waals surface area contributed by atoms with E-state index in [1.165, 1.54) is 6.26 Å². The summed E-state index contributed by atoms with van der Waals surface area (Å²) in [6.45, 7) is -0.00867. The lowest BCUT2D eigenvalue weighted by Crippen LogP contribution is -2.32. The third-order valence-corrected chi connectivity index (χ3v) is 4.12. The van der Waals surface area contributed by atoms with E-state index in [9.17, 15) is 9.90 Å². The van der Waals surface area contributed by atoms with Gasteiger partial charge in [0, 0.05) is 19.2 Å². The zero-order valence-electron chi connectivity index (χ0n) is 14.0. The van der Waals surface area contributed by atoms with Crippen LogP contribution in [0.2, 0.25) is 0 Å². The smallest absolute Gasteiger partial charge is 0.276 e. The molecule has 0 bridgehead atoms. The molecule has 0 spiro atoms. The summed E-state index contributed by atoms with van der Waals surface area (Å²) in [5.41, 5.74) is 2.04. The average molecular weight is 336 g/mol. The van der Waals surface area contributed by atoms with Gasteiger partial charge < -0.3 is 14.4 Å².